The van der Waals surface area contributed by atoms with Gasteiger partial charge in [0.05, 0.1) is 17.9 Å². The summed E-state index contributed by atoms with van der Waals surface area (Å²) in [6.45, 7) is 8.20. The summed E-state index contributed by atoms with van der Waals surface area (Å²) in [7, 11) is 0. The van der Waals surface area contributed by atoms with E-state index in [9.17, 15) is 0 Å². The number of halogens is 1. The maximum absolute atomic E-state index is 4.20. The van der Waals surface area contributed by atoms with Crippen molar-refractivity contribution in [1.29, 1.82) is 0 Å². The lowest BCUT2D eigenvalue weighted by Gasteiger charge is -2.21. The quantitative estimate of drug-likeness (QED) is 0.878. The van der Waals surface area contributed by atoms with Crippen LogP contribution in [0.1, 0.15) is 43.1 Å². The van der Waals surface area contributed by atoms with E-state index < -0.39 is 0 Å². The standard InChI is InChI=1S/C15H21BrN4/c1-4-9-20-14(10-18-19-20)15(17-5-2)12-7-6-8-13(16)11(12)3/h6-8,10,15,17H,4-5,9H2,1-3H3. The molecular weight excluding hydrogens is 316 g/mol. The highest BCUT2D eigenvalue weighted by molar-refractivity contribution is 9.10. The Hall–Kier alpha value is -1.20. The molecule has 1 aromatic carbocycles. The summed E-state index contributed by atoms with van der Waals surface area (Å²) < 4.78 is 3.13. The summed E-state index contributed by atoms with van der Waals surface area (Å²) in [5, 5.41) is 11.8. The van der Waals surface area contributed by atoms with Crippen LogP contribution in [0.3, 0.4) is 0 Å². The molecule has 0 saturated carbocycles. The first kappa shape index (κ1) is 15.2. The highest BCUT2D eigenvalue weighted by atomic mass is 79.9. The smallest absolute Gasteiger partial charge is 0.0802 e. The molecule has 108 valence electrons. The molecule has 0 amide bonds. The van der Waals surface area contributed by atoms with Crippen molar-refractivity contribution in [2.24, 2.45) is 0 Å². The summed E-state index contributed by atoms with van der Waals surface area (Å²) in [5.41, 5.74) is 3.64. The van der Waals surface area contributed by atoms with Crippen molar-refractivity contribution in [3.8, 4) is 0 Å². The molecule has 1 aromatic heterocycles. The van der Waals surface area contributed by atoms with Gasteiger partial charge < -0.3 is 5.32 Å². The second-order valence-corrected chi connectivity index (χ2v) is 5.68. The lowest BCUT2D eigenvalue weighted by Crippen LogP contribution is -2.25. The number of hydrogen-bond acceptors (Lipinski definition) is 3. The van der Waals surface area contributed by atoms with Gasteiger partial charge in [-0.1, -0.05) is 47.1 Å². The predicted octanol–water partition coefficient (Wildman–Crippen LogP) is 3.46. The first-order valence-corrected chi connectivity index (χ1v) is 7.85. The highest BCUT2D eigenvalue weighted by Gasteiger charge is 2.20. The van der Waals surface area contributed by atoms with Gasteiger partial charge in [-0.05, 0) is 37.1 Å². The number of aromatic nitrogens is 3. The van der Waals surface area contributed by atoms with Crippen LogP contribution in [0.15, 0.2) is 28.9 Å². The monoisotopic (exact) mass is 336 g/mol. The average Bonchev–Trinajstić information content (AvgIpc) is 2.88. The molecular formula is C15H21BrN4. The molecule has 5 heteroatoms. The lowest BCUT2D eigenvalue weighted by atomic mass is 9.99. The van der Waals surface area contributed by atoms with Gasteiger partial charge in [-0.2, -0.15) is 0 Å². The molecule has 0 saturated heterocycles. The van der Waals surface area contributed by atoms with Crippen molar-refractivity contribution in [1.82, 2.24) is 20.3 Å². The topological polar surface area (TPSA) is 42.7 Å². The minimum atomic E-state index is 0.124. The van der Waals surface area contributed by atoms with Crippen LogP contribution >= 0.6 is 15.9 Å². The van der Waals surface area contributed by atoms with Crippen LogP contribution in [0, 0.1) is 6.92 Å². The summed E-state index contributed by atoms with van der Waals surface area (Å²) in [6.07, 6.45) is 2.91. The first-order chi connectivity index (χ1) is 9.69. The van der Waals surface area contributed by atoms with Crippen molar-refractivity contribution < 1.29 is 0 Å². The molecule has 20 heavy (non-hydrogen) atoms. The fourth-order valence-electron chi connectivity index (χ4n) is 2.39. The molecule has 1 unspecified atom stereocenters. The maximum atomic E-state index is 4.20. The van der Waals surface area contributed by atoms with E-state index in [1.54, 1.807) is 0 Å². The third-order valence-corrected chi connectivity index (χ3v) is 4.27. The van der Waals surface area contributed by atoms with Gasteiger partial charge in [0, 0.05) is 11.0 Å². The van der Waals surface area contributed by atoms with Gasteiger partial charge >= 0.3 is 0 Å². The van der Waals surface area contributed by atoms with Crippen molar-refractivity contribution in [3.05, 3.63) is 45.7 Å². The van der Waals surface area contributed by atoms with Crippen LogP contribution in [0.2, 0.25) is 0 Å². The molecule has 0 aliphatic carbocycles. The Morgan fingerprint density at radius 2 is 2.15 bits per heavy atom. The van der Waals surface area contributed by atoms with Gasteiger partial charge in [0.1, 0.15) is 0 Å². The zero-order valence-electron chi connectivity index (χ0n) is 12.2. The molecule has 2 aromatic rings. The van der Waals surface area contributed by atoms with Gasteiger partial charge in [-0.15, -0.1) is 5.10 Å². The zero-order chi connectivity index (χ0) is 14.5. The fraction of sp³-hybridized carbons (Fsp3) is 0.467. The summed E-state index contributed by atoms with van der Waals surface area (Å²) in [5.74, 6) is 0. The van der Waals surface area contributed by atoms with Gasteiger partial charge in [0.2, 0.25) is 0 Å². The molecule has 1 N–H and O–H groups in total. The van der Waals surface area contributed by atoms with Crippen LogP contribution in [0.5, 0.6) is 0 Å². The molecule has 4 nitrogen and oxygen atoms in total. The zero-order valence-corrected chi connectivity index (χ0v) is 13.8. The van der Waals surface area contributed by atoms with Gasteiger partial charge in [-0.25, -0.2) is 4.68 Å². The number of nitrogens with zero attached hydrogens (tertiary/aromatic N) is 3. The summed E-state index contributed by atoms with van der Waals surface area (Å²) >= 11 is 3.61. The molecule has 0 aliphatic heterocycles. The van der Waals surface area contributed by atoms with Crippen molar-refractivity contribution >= 4 is 15.9 Å². The molecule has 0 aliphatic rings. The van der Waals surface area contributed by atoms with Crippen LogP contribution in [0.4, 0.5) is 0 Å². The van der Waals surface area contributed by atoms with Crippen molar-refractivity contribution in [3.63, 3.8) is 0 Å². The Kier molecular flexibility index (Phi) is 5.31. The Morgan fingerprint density at radius 3 is 2.85 bits per heavy atom. The second-order valence-electron chi connectivity index (χ2n) is 4.83. The number of aryl methyl sites for hydroxylation is 1. The summed E-state index contributed by atoms with van der Waals surface area (Å²) in [6, 6.07) is 6.43. The number of rotatable bonds is 6. The first-order valence-electron chi connectivity index (χ1n) is 7.05. The van der Waals surface area contributed by atoms with Crippen LogP contribution in [0.25, 0.3) is 0 Å². The SMILES string of the molecule is CCCn1nncc1C(NCC)c1cccc(Br)c1C. The minimum absolute atomic E-state index is 0.124. The van der Waals surface area contributed by atoms with E-state index in [0.717, 1.165) is 29.7 Å². The van der Waals surface area contributed by atoms with Crippen molar-refractivity contribution in [2.75, 3.05) is 6.54 Å². The minimum Gasteiger partial charge on any atom is -0.305 e. The number of nitrogens with one attached hydrogen (secondary N) is 1. The Bertz CT molecular complexity index is 565. The third kappa shape index (κ3) is 3.10. The normalized spacial score (nSPS) is 12.6. The molecule has 0 spiro atoms. The van der Waals surface area contributed by atoms with Gasteiger partial charge in [0.15, 0.2) is 0 Å². The van der Waals surface area contributed by atoms with Gasteiger partial charge in [0.25, 0.3) is 0 Å². The van der Waals surface area contributed by atoms with Crippen LogP contribution < -0.4 is 5.32 Å². The van der Waals surface area contributed by atoms with E-state index in [2.05, 4.69) is 70.5 Å². The summed E-state index contributed by atoms with van der Waals surface area (Å²) in [4.78, 5) is 0. The van der Waals surface area contributed by atoms with E-state index in [4.69, 9.17) is 0 Å². The van der Waals surface area contributed by atoms with Crippen LogP contribution in [-0.4, -0.2) is 21.5 Å². The predicted molar refractivity (Wildman–Crippen MR) is 84.7 cm³/mol. The second kappa shape index (κ2) is 6.99. The molecule has 0 radical (unpaired) electrons. The van der Waals surface area contributed by atoms with E-state index in [-0.39, 0.29) is 6.04 Å². The van der Waals surface area contributed by atoms with Crippen molar-refractivity contribution in [2.45, 2.75) is 39.8 Å². The van der Waals surface area contributed by atoms with Gasteiger partial charge in [-0.3, -0.25) is 0 Å². The van der Waals surface area contributed by atoms with E-state index >= 15 is 0 Å². The van der Waals surface area contributed by atoms with E-state index in [1.165, 1.54) is 11.1 Å². The highest BCUT2D eigenvalue weighted by Crippen LogP contribution is 2.28. The Balaban J connectivity index is 2.45. The number of hydrogen-bond donors (Lipinski definition) is 1. The third-order valence-electron chi connectivity index (χ3n) is 3.41. The maximum Gasteiger partial charge on any atom is 0.0802 e. The van der Waals surface area contributed by atoms with E-state index in [1.807, 2.05) is 10.9 Å². The fourth-order valence-corrected chi connectivity index (χ4v) is 2.77. The Labute approximate surface area is 128 Å². The molecule has 0 bridgehead atoms. The number of benzene rings is 1. The molecule has 0 fully saturated rings. The molecule has 1 heterocycles. The van der Waals surface area contributed by atoms with E-state index in [0.29, 0.717) is 0 Å². The largest absolute Gasteiger partial charge is 0.305 e. The average molecular weight is 337 g/mol. The Morgan fingerprint density at radius 1 is 1.35 bits per heavy atom. The molecule has 1 atom stereocenters. The van der Waals surface area contributed by atoms with Crippen LogP contribution in [-0.2, 0) is 6.54 Å². The lowest BCUT2D eigenvalue weighted by molar-refractivity contribution is 0.510. The molecule has 2 rings (SSSR count).